The Morgan fingerprint density at radius 3 is 2.75 bits per heavy atom. The Morgan fingerprint density at radius 2 is 2.00 bits per heavy atom. The largest absolute Gasteiger partial charge is 0.492 e. The van der Waals surface area contributed by atoms with Gasteiger partial charge in [0.15, 0.2) is 0 Å². The number of benzene rings is 2. The van der Waals surface area contributed by atoms with E-state index >= 15 is 0 Å². The average Bonchev–Trinajstić information content (AvgIpc) is 2.63. The van der Waals surface area contributed by atoms with Crippen molar-refractivity contribution in [2.75, 3.05) is 32.8 Å². The molecule has 0 bridgehead atoms. The zero-order valence-corrected chi connectivity index (χ0v) is 15.1. The minimum atomic E-state index is 0.333. The van der Waals surface area contributed by atoms with Gasteiger partial charge in [-0.05, 0) is 35.4 Å². The van der Waals surface area contributed by atoms with Gasteiger partial charge < -0.3 is 10.1 Å². The quantitative estimate of drug-likeness (QED) is 0.780. The van der Waals surface area contributed by atoms with Crippen molar-refractivity contribution < 1.29 is 4.74 Å². The van der Waals surface area contributed by atoms with Gasteiger partial charge in [0.25, 0.3) is 0 Å². The Labute approximate surface area is 153 Å². The van der Waals surface area contributed by atoms with E-state index in [0.717, 1.165) is 42.5 Å². The van der Waals surface area contributed by atoms with Gasteiger partial charge in [-0.2, -0.15) is 0 Å². The van der Waals surface area contributed by atoms with E-state index in [4.69, 9.17) is 27.9 Å². The number of rotatable bonds is 6. The third-order valence-corrected chi connectivity index (χ3v) is 4.86. The molecule has 3 nitrogen and oxygen atoms in total. The normalized spacial score (nSPS) is 18.5. The fourth-order valence-electron chi connectivity index (χ4n) is 3.01. The predicted molar refractivity (Wildman–Crippen MR) is 100 cm³/mol. The van der Waals surface area contributed by atoms with Gasteiger partial charge in [-0.25, -0.2) is 0 Å². The summed E-state index contributed by atoms with van der Waals surface area (Å²) in [5.74, 6) is 1.42. The molecule has 2 aromatic rings. The first-order valence-electron chi connectivity index (χ1n) is 8.24. The number of hydrogen-bond acceptors (Lipinski definition) is 3. The molecule has 1 fully saturated rings. The molecule has 1 heterocycles. The van der Waals surface area contributed by atoms with E-state index in [1.165, 1.54) is 5.56 Å². The maximum Gasteiger partial charge on any atom is 0.119 e. The molecule has 1 N–H and O–H groups in total. The van der Waals surface area contributed by atoms with Crippen LogP contribution in [-0.4, -0.2) is 37.7 Å². The van der Waals surface area contributed by atoms with Crippen LogP contribution < -0.4 is 10.1 Å². The molecule has 0 aromatic heterocycles. The number of nitrogens with one attached hydrogen (secondary N) is 1. The molecule has 1 atom stereocenters. The predicted octanol–water partition coefficient (Wildman–Crippen LogP) is 4.10. The van der Waals surface area contributed by atoms with Crippen LogP contribution in [0.2, 0.25) is 5.02 Å². The monoisotopic (exact) mass is 364 g/mol. The maximum absolute atomic E-state index is 6.15. The zero-order valence-electron chi connectivity index (χ0n) is 13.6. The summed E-state index contributed by atoms with van der Waals surface area (Å²) in [7, 11) is 0. The Hall–Kier alpha value is -1.26. The lowest BCUT2D eigenvalue weighted by atomic mass is 10.0. The van der Waals surface area contributed by atoms with Gasteiger partial charge >= 0.3 is 0 Å². The van der Waals surface area contributed by atoms with E-state index < -0.39 is 0 Å². The van der Waals surface area contributed by atoms with Gasteiger partial charge in [0.2, 0.25) is 0 Å². The molecule has 0 aliphatic carbocycles. The van der Waals surface area contributed by atoms with Crippen LogP contribution in [0.4, 0.5) is 0 Å². The molecule has 0 radical (unpaired) electrons. The highest BCUT2D eigenvalue weighted by Crippen LogP contribution is 2.24. The molecule has 1 unspecified atom stereocenters. The average molecular weight is 365 g/mol. The fraction of sp³-hybridized carbons (Fsp3) is 0.368. The summed E-state index contributed by atoms with van der Waals surface area (Å²) >= 11 is 12.0. The fourth-order valence-corrected chi connectivity index (χ4v) is 3.39. The maximum atomic E-state index is 6.15. The van der Waals surface area contributed by atoms with Crippen LogP contribution in [-0.2, 0) is 5.88 Å². The number of alkyl halides is 1. The first kappa shape index (κ1) is 17.6. The van der Waals surface area contributed by atoms with Crippen molar-refractivity contribution in [3.05, 3.63) is 64.7 Å². The SMILES string of the molecule is ClCc1ccc(OCCN2CCNCC2c2cccc(Cl)c2)cc1. The summed E-state index contributed by atoms with van der Waals surface area (Å²) in [6, 6.07) is 16.4. The molecule has 0 saturated carbocycles. The minimum absolute atomic E-state index is 0.333. The second kappa shape index (κ2) is 8.72. The zero-order chi connectivity index (χ0) is 16.8. The third-order valence-electron chi connectivity index (χ3n) is 4.31. The molecular weight excluding hydrogens is 343 g/mol. The van der Waals surface area contributed by atoms with Gasteiger partial charge in [0, 0.05) is 43.1 Å². The van der Waals surface area contributed by atoms with Crippen molar-refractivity contribution in [3.8, 4) is 5.75 Å². The molecule has 5 heteroatoms. The topological polar surface area (TPSA) is 24.5 Å². The van der Waals surface area contributed by atoms with Crippen LogP contribution in [0.5, 0.6) is 5.75 Å². The molecule has 1 aliphatic rings. The summed E-state index contributed by atoms with van der Waals surface area (Å²) in [6.45, 7) is 4.49. The molecule has 1 saturated heterocycles. The van der Waals surface area contributed by atoms with Gasteiger partial charge in [-0.15, -0.1) is 11.6 Å². The van der Waals surface area contributed by atoms with Crippen molar-refractivity contribution in [3.63, 3.8) is 0 Å². The Kier molecular flexibility index (Phi) is 6.38. The number of hydrogen-bond donors (Lipinski definition) is 1. The van der Waals surface area contributed by atoms with Gasteiger partial charge in [0.05, 0.1) is 0 Å². The first-order valence-corrected chi connectivity index (χ1v) is 9.15. The summed E-state index contributed by atoms with van der Waals surface area (Å²) in [6.07, 6.45) is 0. The highest BCUT2D eigenvalue weighted by Gasteiger charge is 2.23. The van der Waals surface area contributed by atoms with Crippen molar-refractivity contribution in [1.82, 2.24) is 10.2 Å². The number of nitrogens with zero attached hydrogens (tertiary/aromatic N) is 1. The van der Waals surface area contributed by atoms with E-state index in [0.29, 0.717) is 18.5 Å². The summed E-state index contributed by atoms with van der Waals surface area (Å²) in [5, 5.41) is 4.25. The van der Waals surface area contributed by atoms with Crippen molar-refractivity contribution in [2.45, 2.75) is 11.9 Å². The molecule has 3 rings (SSSR count). The van der Waals surface area contributed by atoms with Crippen molar-refractivity contribution >= 4 is 23.2 Å². The number of halogens is 2. The molecular formula is C19H22Cl2N2O. The van der Waals surface area contributed by atoms with Crippen LogP contribution in [0.3, 0.4) is 0 Å². The van der Waals surface area contributed by atoms with E-state index in [1.54, 1.807) is 0 Å². The third kappa shape index (κ3) is 4.64. The summed E-state index contributed by atoms with van der Waals surface area (Å²) in [5.41, 5.74) is 2.35. The lowest BCUT2D eigenvalue weighted by molar-refractivity contribution is 0.134. The molecule has 2 aromatic carbocycles. The van der Waals surface area contributed by atoms with E-state index in [9.17, 15) is 0 Å². The van der Waals surface area contributed by atoms with E-state index in [2.05, 4.69) is 22.3 Å². The van der Waals surface area contributed by atoms with E-state index in [1.807, 2.05) is 36.4 Å². The Morgan fingerprint density at radius 1 is 1.17 bits per heavy atom. The van der Waals surface area contributed by atoms with Crippen molar-refractivity contribution in [2.24, 2.45) is 0 Å². The highest BCUT2D eigenvalue weighted by molar-refractivity contribution is 6.30. The number of piperazine rings is 1. The lowest BCUT2D eigenvalue weighted by Gasteiger charge is -2.36. The minimum Gasteiger partial charge on any atom is -0.492 e. The van der Waals surface area contributed by atoms with Crippen LogP contribution in [0.15, 0.2) is 48.5 Å². The van der Waals surface area contributed by atoms with Crippen LogP contribution in [0.25, 0.3) is 0 Å². The first-order chi connectivity index (χ1) is 11.8. The summed E-state index contributed by atoms with van der Waals surface area (Å²) < 4.78 is 5.88. The van der Waals surface area contributed by atoms with Crippen molar-refractivity contribution in [1.29, 1.82) is 0 Å². The molecule has 128 valence electrons. The molecule has 0 spiro atoms. The van der Waals surface area contributed by atoms with Crippen LogP contribution >= 0.6 is 23.2 Å². The smallest absolute Gasteiger partial charge is 0.119 e. The summed E-state index contributed by atoms with van der Waals surface area (Å²) in [4.78, 5) is 2.45. The lowest BCUT2D eigenvalue weighted by Crippen LogP contribution is -2.47. The molecule has 1 aliphatic heterocycles. The van der Waals surface area contributed by atoms with Crippen LogP contribution in [0.1, 0.15) is 17.2 Å². The highest BCUT2D eigenvalue weighted by atomic mass is 35.5. The Balaban J connectivity index is 1.57. The van der Waals surface area contributed by atoms with Gasteiger partial charge in [-0.3, -0.25) is 4.90 Å². The Bertz CT molecular complexity index is 648. The second-order valence-corrected chi connectivity index (χ2v) is 6.64. The van der Waals surface area contributed by atoms with Gasteiger partial charge in [0.1, 0.15) is 12.4 Å². The second-order valence-electron chi connectivity index (χ2n) is 5.94. The van der Waals surface area contributed by atoms with Crippen LogP contribution in [0, 0.1) is 0 Å². The van der Waals surface area contributed by atoms with Gasteiger partial charge in [-0.1, -0.05) is 35.9 Å². The molecule has 24 heavy (non-hydrogen) atoms. The molecule has 0 amide bonds. The number of ether oxygens (including phenoxy) is 1. The standard InChI is InChI=1S/C19H22Cl2N2O/c20-13-15-4-6-18(7-5-15)24-11-10-23-9-8-22-14-19(23)16-2-1-3-17(21)12-16/h1-7,12,19,22H,8-11,13-14H2. The van der Waals surface area contributed by atoms with E-state index in [-0.39, 0.29) is 0 Å².